The molecule has 0 saturated carbocycles. The van der Waals surface area contributed by atoms with E-state index in [1.54, 1.807) is 24.3 Å². The Morgan fingerprint density at radius 2 is 1.69 bits per heavy atom. The molecule has 2 aliphatic rings. The zero-order valence-electron chi connectivity index (χ0n) is 30.8. The van der Waals surface area contributed by atoms with Crippen LogP contribution in [-0.4, -0.2) is 71.2 Å². The van der Waals surface area contributed by atoms with E-state index >= 15 is 0 Å². The number of halogens is 1. The van der Waals surface area contributed by atoms with E-state index in [2.05, 4.69) is 47.5 Å². The number of ether oxygens (including phenoxy) is 3. The zero-order chi connectivity index (χ0) is 38.9. The summed E-state index contributed by atoms with van der Waals surface area (Å²) in [5.41, 5.74) is 7.35. The number of hydrogen-bond acceptors (Lipinski definition) is 10. The average molecular weight is 765 g/mol. The van der Waals surface area contributed by atoms with Crippen molar-refractivity contribution in [1.29, 1.82) is 10.5 Å². The van der Waals surface area contributed by atoms with Gasteiger partial charge in [0.1, 0.15) is 36.0 Å². The molecule has 0 unspecified atom stereocenters. The molecule has 0 radical (unpaired) electrons. The summed E-state index contributed by atoms with van der Waals surface area (Å²) in [5.74, 6) is 0.411. The Morgan fingerprint density at radius 1 is 0.964 bits per heavy atom. The van der Waals surface area contributed by atoms with E-state index in [0.29, 0.717) is 45.4 Å². The highest BCUT2D eigenvalue weighted by Crippen LogP contribution is 2.44. The Balaban J connectivity index is 1.20. The van der Waals surface area contributed by atoms with Gasteiger partial charge in [-0.2, -0.15) is 10.5 Å². The van der Waals surface area contributed by atoms with Crippen molar-refractivity contribution in [3.63, 3.8) is 0 Å². The minimum atomic E-state index is -1.20. The number of carboxylic acids is 1. The first-order valence-corrected chi connectivity index (χ1v) is 18.9. The number of rotatable bonds is 16. The van der Waals surface area contributed by atoms with Crippen LogP contribution in [-0.2, 0) is 24.4 Å². The van der Waals surface area contributed by atoms with E-state index in [1.165, 1.54) is 11.6 Å². The molecule has 1 saturated heterocycles. The predicted molar refractivity (Wildman–Crippen MR) is 207 cm³/mol. The first kappa shape index (κ1) is 39.6. The number of aliphatic hydroxyl groups is 2. The van der Waals surface area contributed by atoms with Crippen LogP contribution in [0.4, 0.5) is 0 Å². The van der Waals surface area contributed by atoms with Crippen molar-refractivity contribution in [3.8, 4) is 40.5 Å². The molecule has 4 aromatic carbocycles. The van der Waals surface area contributed by atoms with E-state index in [1.807, 2.05) is 18.2 Å². The van der Waals surface area contributed by atoms with Crippen LogP contribution in [0.5, 0.6) is 17.2 Å². The van der Waals surface area contributed by atoms with Gasteiger partial charge >= 0.3 is 5.97 Å². The van der Waals surface area contributed by atoms with Gasteiger partial charge < -0.3 is 34.4 Å². The number of carbonyl (C=O) groups is 1. The molecule has 11 nitrogen and oxygen atoms in total. The van der Waals surface area contributed by atoms with Crippen LogP contribution < -0.4 is 19.5 Å². The van der Waals surface area contributed by atoms with Crippen LogP contribution in [0, 0.1) is 29.6 Å². The number of hydrogen-bond donors (Lipinski definition) is 4. The Labute approximate surface area is 326 Å². The van der Waals surface area contributed by atoms with Crippen molar-refractivity contribution in [3.05, 3.63) is 111 Å². The number of likely N-dealkylation sites (tertiary alicyclic amines) is 1. The van der Waals surface area contributed by atoms with Gasteiger partial charge in [0.15, 0.2) is 0 Å². The van der Waals surface area contributed by atoms with E-state index in [-0.39, 0.29) is 25.4 Å². The monoisotopic (exact) mass is 764 g/mol. The molecule has 2 atom stereocenters. The van der Waals surface area contributed by atoms with E-state index < -0.39 is 18.6 Å². The van der Waals surface area contributed by atoms with Gasteiger partial charge in [-0.25, -0.2) is 0 Å². The molecular weight excluding hydrogens is 720 g/mol. The van der Waals surface area contributed by atoms with Crippen molar-refractivity contribution >= 4 is 17.6 Å². The summed E-state index contributed by atoms with van der Waals surface area (Å²) in [6, 6.07) is 23.4. The fourth-order valence-corrected chi connectivity index (χ4v) is 7.52. The zero-order valence-corrected chi connectivity index (χ0v) is 31.5. The summed E-state index contributed by atoms with van der Waals surface area (Å²) in [6.45, 7) is 4.93. The fraction of sp³-hybridized carbons (Fsp3) is 0.372. The van der Waals surface area contributed by atoms with Gasteiger partial charge in [-0.3, -0.25) is 10.1 Å². The lowest BCUT2D eigenvalue weighted by Crippen LogP contribution is -2.39. The van der Waals surface area contributed by atoms with Crippen LogP contribution in [0.1, 0.15) is 70.7 Å². The van der Waals surface area contributed by atoms with Crippen LogP contribution in [0.3, 0.4) is 0 Å². The third kappa shape index (κ3) is 9.76. The van der Waals surface area contributed by atoms with E-state index in [4.69, 9.17) is 25.8 Å². The third-order valence-electron chi connectivity index (χ3n) is 10.3. The lowest BCUT2D eigenvalue weighted by Gasteiger charge is -2.29. The SMILES string of the molecule is Cc1c(OCCCN2CCC(O)CC2)cccc1-c1cccc2c1CC[C@@H]2Oc1cc(OCc2cc(C#N)cc(C#N)c2)c(CN[C@@H](CO)C(=O)O)cc1Cl. The van der Waals surface area contributed by atoms with Crippen molar-refractivity contribution in [2.75, 3.05) is 32.8 Å². The Morgan fingerprint density at radius 3 is 2.40 bits per heavy atom. The number of nitrogens with one attached hydrogen (secondary N) is 1. The molecule has 0 aromatic heterocycles. The normalized spacial score (nSPS) is 16.1. The number of carboxylic acid groups (broad SMARTS) is 1. The smallest absolute Gasteiger partial charge is 0.323 e. The van der Waals surface area contributed by atoms with Gasteiger partial charge in [0.25, 0.3) is 0 Å². The molecule has 286 valence electrons. The maximum Gasteiger partial charge on any atom is 0.323 e. The van der Waals surface area contributed by atoms with Gasteiger partial charge in [0.05, 0.1) is 47.6 Å². The number of benzene rings is 4. The molecule has 0 spiro atoms. The van der Waals surface area contributed by atoms with Crippen molar-refractivity contribution in [2.45, 2.75) is 70.4 Å². The van der Waals surface area contributed by atoms with Gasteiger partial charge in [-0.05, 0) is 103 Å². The average Bonchev–Trinajstić information content (AvgIpc) is 3.61. The summed E-state index contributed by atoms with van der Waals surface area (Å²) in [7, 11) is 0. The highest BCUT2D eigenvalue weighted by molar-refractivity contribution is 6.32. The number of nitrogens with zero attached hydrogens (tertiary/aromatic N) is 3. The van der Waals surface area contributed by atoms with Crippen LogP contribution >= 0.6 is 11.6 Å². The second-order valence-electron chi connectivity index (χ2n) is 14.0. The molecule has 12 heteroatoms. The molecule has 1 fully saturated rings. The summed E-state index contributed by atoms with van der Waals surface area (Å²) in [4.78, 5) is 14.0. The quantitative estimate of drug-likeness (QED) is 0.0924. The van der Waals surface area contributed by atoms with Gasteiger partial charge in [0, 0.05) is 37.8 Å². The summed E-state index contributed by atoms with van der Waals surface area (Å²) in [6.07, 6.45) is 3.62. The number of aliphatic hydroxyl groups excluding tert-OH is 2. The number of aliphatic carboxylic acids is 1. The van der Waals surface area contributed by atoms with E-state index in [0.717, 1.165) is 79.7 Å². The minimum Gasteiger partial charge on any atom is -0.493 e. The molecule has 0 bridgehead atoms. The summed E-state index contributed by atoms with van der Waals surface area (Å²) >= 11 is 6.81. The third-order valence-corrected chi connectivity index (χ3v) is 10.6. The van der Waals surface area contributed by atoms with Crippen molar-refractivity contribution in [1.82, 2.24) is 10.2 Å². The summed E-state index contributed by atoms with van der Waals surface area (Å²) in [5, 5.41) is 50.8. The minimum absolute atomic E-state index is 0.0157. The van der Waals surface area contributed by atoms with Gasteiger partial charge in [-0.1, -0.05) is 41.9 Å². The lowest BCUT2D eigenvalue weighted by molar-refractivity contribution is -0.140. The number of fused-ring (bicyclic) bond motifs is 1. The molecule has 55 heavy (non-hydrogen) atoms. The topological polar surface area (TPSA) is 168 Å². The number of piperidine rings is 1. The van der Waals surface area contributed by atoms with Crippen LogP contribution in [0.15, 0.2) is 66.7 Å². The highest BCUT2D eigenvalue weighted by Gasteiger charge is 2.29. The first-order chi connectivity index (χ1) is 26.7. The molecule has 0 amide bonds. The Bertz CT molecular complexity index is 2050. The maximum atomic E-state index is 11.6. The van der Waals surface area contributed by atoms with Gasteiger partial charge in [-0.15, -0.1) is 0 Å². The Hall–Kier alpha value is -5.14. The number of nitriles is 2. The Kier molecular flexibility index (Phi) is 13.3. The second kappa shape index (κ2) is 18.5. The molecule has 1 aliphatic carbocycles. The first-order valence-electron chi connectivity index (χ1n) is 18.6. The molecule has 4 N–H and O–H groups in total. The molecule has 1 heterocycles. The van der Waals surface area contributed by atoms with Crippen molar-refractivity contribution < 1.29 is 34.3 Å². The second-order valence-corrected chi connectivity index (χ2v) is 14.4. The largest absolute Gasteiger partial charge is 0.493 e. The maximum absolute atomic E-state index is 11.6. The molecule has 1 aliphatic heterocycles. The van der Waals surface area contributed by atoms with E-state index in [9.17, 15) is 30.6 Å². The van der Waals surface area contributed by atoms with Gasteiger partial charge in [0.2, 0.25) is 0 Å². The summed E-state index contributed by atoms with van der Waals surface area (Å²) < 4.78 is 19.1. The molecular formula is C43H45ClN4O7. The molecule has 6 rings (SSSR count). The van der Waals surface area contributed by atoms with Crippen LogP contribution in [0.2, 0.25) is 5.02 Å². The standard InChI is InChI=1S/C43H45ClN4O7/c1-27-33(5-3-8-39(27)53-16-4-13-48-14-11-32(50)12-15-48)34-6-2-7-36-35(34)9-10-40(36)55-42-21-41(31(20-37(42)44)24-47-38(25-49)43(51)52)54-26-30-18-28(22-45)17-29(19-30)23-46/h2-3,5-8,17-21,32,38,40,47,49-50H,4,9-16,24-26H2,1H3,(H,51,52)/t38-,40-/m0/s1. The fourth-order valence-electron chi connectivity index (χ4n) is 7.29. The molecule has 4 aromatic rings. The van der Waals surface area contributed by atoms with Crippen molar-refractivity contribution in [2.24, 2.45) is 0 Å². The predicted octanol–water partition coefficient (Wildman–Crippen LogP) is 6.46. The lowest BCUT2D eigenvalue weighted by atomic mass is 9.93. The highest BCUT2D eigenvalue weighted by atomic mass is 35.5. The van der Waals surface area contributed by atoms with Crippen LogP contribution in [0.25, 0.3) is 11.1 Å².